The summed E-state index contributed by atoms with van der Waals surface area (Å²) >= 11 is 5.96. The predicted molar refractivity (Wildman–Crippen MR) is 66.9 cm³/mol. The summed E-state index contributed by atoms with van der Waals surface area (Å²) in [6.45, 7) is 0.473. The molecule has 2 N–H and O–H groups in total. The summed E-state index contributed by atoms with van der Waals surface area (Å²) in [5.41, 5.74) is 5.50. The Labute approximate surface area is 106 Å². The number of hydrogen-bond donors (Lipinski definition) is 1. The van der Waals surface area contributed by atoms with E-state index in [4.69, 9.17) is 22.1 Å². The Hall–Kier alpha value is -0.800. The van der Waals surface area contributed by atoms with E-state index in [1.807, 2.05) is 0 Å². The van der Waals surface area contributed by atoms with E-state index in [0.717, 1.165) is 25.7 Å². The van der Waals surface area contributed by atoms with Gasteiger partial charge in [0.2, 0.25) is 0 Å². The van der Waals surface area contributed by atoms with Crippen molar-refractivity contribution in [1.82, 2.24) is 0 Å². The summed E-state index contributed by atoms with van der Waals surface area (Å²) in [6, 6.07) is 4.20. The van der Waals surface area contributed by atoms with E-state index < -0.39 is 0 Å². The van der Waals surface area contributed by atoms with Crippen LogP contribution in [0.5, 0.6) is 5.75 Å². The molecule has 0 saturated heterocycles. The first-order valence-electron chi connectivity index (χ1n) is 5.99. The first kappa shape index (κ1) is 12.7. The van der Waals surface area contributed by atoms with Crippen molar-refractivity contribution in [3.63, 3.8) is 0 Å². The fraction of sp³-hybridized carbons (Fsp3) is 0.538. The molecule has 4 heteroatoms. The smallest absolute Gasteiger partial charge is 0.139 e. The van der Waals surface area contributed by atoms with Gasteiger partial charge in [-0.15, -0.1) is 0 Å². The third kappa shape index (κ3) is 2.90. The van der Waals surface area contributed by atoms with Crippen molar-refractivity contribution in [3.8, 4) is 5.75 Å². The molecule has 1 aromatic rings. The van der Waals surface area contributed by atoms with Gasteiger partial charge in [0.25, 0.3) is 0 Å². The second-order valence-electron chi connectivity index (χ2n) is 4.62. The standard InChI is InChI=1S/C13H17ClFNO/c14-11-8-10(15)4-5-12(11)17-13(9-16)6-2-1-3-7-13/h4-5,8H,1-3,6-7,9,16H2. The van der Waals surface area contributed by atoms with Crippen molar-refractivity contribution in [3.05, 3.63) is 29.0 Å². The molecule has 1 aliphatic carbocycles. The highest BCUT2D eigenvalue weighted by atomic mass is 35.5. The summed E-state index contributed by atoms with van der Waals surface area (Å²) in [4.78, 5) is 0. The third-order valence-corrected chi connectivity index (χ3v) is 3.65. The van der Waals surface area contributed by atoms with Crippen LogP contribution >= 0.6 is 11.6 Å². The number of rotatable bonds is 3. The second-order valence-corrected chi connectivity index (χ2v) is 5.03. The second kappa shape index (κ2) is 5.23. The molecule has 1 saturated carbocycles. The molecule has 0 unspecified atom stereocenters. The number of benzene rings is 1. The minimum atomic E-state index is -0.354. The van der Waals surface area contributed by atoms with Gasteiger partial charge in [0.1, 0.15) is 17.2 Å². The SMILES string of the molecule is NCC1(Oc2ccc(F)cc2Cl)CCCCC1. The zero-order valence-corrected chi connectivity index (χ0v) is 10.5. The Balaban J connectivity index is 2.17. The van der Waals surface area contributed by atoms with Crippen LogP contribution in [0.2, 0.25) is 5.02 Å². The van der Waals surface area contributed by atoms with Gasteiger partial charge in [-0.05, 0) is 43.9 Å². The molecule has 0 bridgehead atoms. The maximum atomic E-state index is 12.9. The van der Waals surface area contributed by atoms with Crippen LogP contribution in [-0.4, -0.2) is 12.1 Å². The highest BCUT2D eigenvalue weighted by molar-refractivity contribution is 6.32. The molecule has 0 heterocycles. The van der Waals surface area contributed by atoms with Crippen LogP contribution < -0.4 is 10.5 Å². The molecule has 1 aliphatic rings. The first-order chi connectivity index (χ1) is 8.15. The fourth-order valence-corrected chi connectivity index (χ4v) is 2.54. The molecule has 94 valence electrons. The van der Waals surface area contributed by atoms with Crippen LogP contribution in [0.25, 0.3) is 0 Å². The van der Waals surface area contributed by atoms with Crippen LogP contribution in [-0.2, 0) is 0 Å². The van der Waals surface area contributed by atoms with Gasteiger partial charge >= 0.3 is 0 Å². The molecule has 1 aromatic carbocycles. The van der Waals surface area contributed by atoms with Gasteiger partial charge in [-0.2, -0.15) is 0 Å². The van der Waals surface area contributed by atoms with Crippen molar-refractivity contribution >= 4 is 11.6 Å². The number of halogens is 2. The Kier molecular flexibility index (Phi) is 3.89. The molecule has 0 spiro atoms. The van der Waals surface area contributed by atoms with E-state index in [9.17, 15) is 4.39 Å². The molecule has 0 atom stereocenters. The fourth-order valence-electron chi connectivity index (χ4n) is 2.34. The first-order valence-corrected chi connectivity index (χ1v) is 6.37. The van der Waals surface area contributed by atoms with Crippen molar-refractivity contribution < 1.29 is 9.13 Å². The van der Waals surface area contributed by atoms with E-state index in [2.05, 4.69) is 0 Å². The monoisotopic (exact) mass is 257 g/mol. The largest absolute Gasteiger partial charge is 0.484 e. The van der Waals surface area contributed by atoms with E-state index >= 15 is 0 Å². The summed E-state index contributed by atoms with van der Waals surface area (Å²) in [5, 5.41) is 0.309. The van der Waals surface area contributed by atoms with Gasteiger partial charge in [-0.25, -0.2) is 4.39 Å². The summed E-state index contributed by atoms with van der Waals surface area (Å²) in [7, 11) is 0. The van der Waals surface area contributed by atoms with E-state index in [0.29, 0.717) is 17.3 Å². The molecule has 0 aliphatic heterocycles. The number of nitrogens with two attached hydrogens (primary N) is 1. The Morgan fingerprint density at radius 3 is 2.59 bits per heavy atom. The van der Waals surface area contributed by atoms with Crippen LogP contribution in [0, 0.1) is 5.82 Å². The molecular formula is C13H17ClFNO. The highest BCUT2D eigenvalue weighted by Crippen LogP contribution is 2.35. The van der Waals surface area contributed by atoms with Crippen molar-refractivity contribution in [1.29, 1.82) is 0 Å². The quantitative estimate of drug-likeness (QED) is 0.899. The lowest BCUT2D eigenvalue weighted by atomic mass is 9.84. The van der Waals surface area contributed by atoms with Gasteiger partial charge < -0.3 is 10.5 Å². The molecule has 2 nitrogen and oxygen atoms in total. The van der Waals surface area contributed by atoms with E-state index in [-0.39, 0.29) is 11.4 Å². The van der Waals surface area contributed by atoms with Crippen molar-refractivity contribution in [2.75, 3.05) is 6.54 Å². The van der Waals surface area contributed by atoms with Gasteiger partial charge in [0.05, 0.1) is 5.02 Å². The lowest BCUT2D eigenvalue weighted by Crippen LogP contribution is -2.45. The van der Waals surface area contributed by atoms with E-state index in [1.54, 1.807) is 6.07 Å². The molecular weight excluding hydrogens is 241 g/mol. The average molecular weight is 258 g/mol. The molecule has 0 amide bonds. The topological polar surface area (TPSA) is 35.2 Å². The minimum absolute atomic E-state index is 0.309. The van der Waals surface area contributed by atoms with E-state index in [1.165, 1.54) is 18.6 Å². The maximum Gasteiger partial charge on any atom is 0.139 e. The van der Waals surface area contributed by atoms with Gasteiger partial charge in [-0.3, -0.25) is 0 Å². The molecule has 0 radical (unpaired) electrons. The summed E-state index contributed by atoms with van der Waals surface area (Å²) in [5.74, 6) is 0.174. The number of hydrogen-bond acceptors (Lipinski definition) is 2. The van der Waals surface area contributed by atoms with Crippen molar-refractivity contribution in [2.45, 2.75) is 37.7 Å². The summed E-state index contributed by atoms with van der Waals surface area (Å²) < 4.78 is 18.9. The highest BCUT2D eigenvalue weighted by Gasteiger charge is 2.33. The summed E-state index contributed by atoms with van der Waals surface area (Å²) in [6.07, 6.45) is 5.35. The lowest BCUT2D eigenvalue weighted by Gasteiger charge is -2.36. The lowest BCUT2D eigenvalue weighted by molar-refractivity contribution is 0.0387. The Morgan fingerprint density at radius 1 is 1.29 bits per heavy atom. The zero-order chi connectivity index (χ0) is 12.3. The Morgan fingerprint density at radius 2 is 2.00 bits per heavy atom. The van der Waals surface area contributed by atoms with Crippen LogP contribution in [0.15, 0.2) is 18.2 Å². The number of ether oxygens (including phenoxy) is 1. The maximum absolute atomic E-state index is 12.9. The van der Waals surface area contributed by atoms with Gasteiger partial charge in [0.15, 0.2) is 0 Å². The van der Waals surface area contributed by atoms with Crippen molar-refractivity contribution in [2.24, 2.45) is 5.73 Å². The Bertz CT molecular complexity index is 391. The van der Waals surface area contributed by atoms with Gasteiger partial charge in [-0.1, -0.05) is 18.0 Å². The van der Waals surface area contributed by atoms with Crippen LogP contribution in [0.4, 0.5) is 4.39 Å². The normalized spacial score (nSPS) is 19.0. The van der Waals surface area contributed by atoms with Crippen LogP contribution in [0.1, 0.15) is 32.1 Å². The molecule has 0 aromatic heterocycles. The average Bonchev–Trinajstić information content (AvgIpc) is 2.34. The predicted octanol–water partition coefficient (Wildman–Crippen LogP) is 3.52. The zero-order valence-electron chi connectivity index (χ0n) is 9.72. The molecule has 17 heavy (non-hydrogen) atoms. The van der Waals surface area contributed by atoms with Crippen LogP contribution in [0.3, 0.4) is 0 Å². The minimum Gasteiger partial charge on any atom is -0.484 e. The van der Waals surface area contributed by atoms with Gasteiger partial charge in [0, 0.05) is 6.54 Å². The molecule has 2 rings (SSSR count). The third-order valence-electron chi connectivity index (χ3n) is 3.36. The molecule has 1 fully saturated rings.